The molecule has 6 heteroatoms. The van der Waals surface area contributed by atoms with E-state index in [1.807, 2.05) is 24.3 Å². The molecule has 24 aromatic rings. The summed E-state index contributed by atoms with van der Waals surface area (Å²) in [6.45, 7) is 0. The number of anilines is 6. The Morgan fingerprint density at radius 1 is 0.164 bits per heavy atom. The first kappa shape index (κ1) is 70.0. The highest BCUT2D eigenvalue weighted by atomic mass is 16.3. The summed E-state index contributed by atoms with van der Waals surface area (Å²) in [4.78, 5) is 4.78. The van der Waals surface area contributed by atoms with Crippen LogP contribution in [0, 0.1) is 0 Å². The van der Waals surface area contributed by atoms with Gasteiger partial charge in [0.05, 0.1) is 39.1 Å². The van der Waals surface area contributed by atoms with Crippen molar-refractivity contribution in [3.05, 3.63) is 449 Å². The van der Waals surface area contributed by atoms with E-state index >= 15 is 0 Å². The Bertz CT molecular complexity index is 8200. The van der Waals surface area contributed by atoms with Crippen molar-refractivity contribution in [2.24, 2.45) is 0 Å². The number of furan rings is 2. The van der Waals surface area contributed by atoms with E-state index < -0.39 is 0 Å². The van der Waals surface area contributed by atoms with Crippen LogP contribution in [0.4, 0.5) is 34.1 Å². The number of para-hydroxylation sites is 8. The van der Waals surface area contributed by atoms with E-state index in [0.29, 0.717) is 0 Å². The van der Waals surface area contributed by atoms with Gasteiger partial charge in [-0.1, -0.05) is 297 Å². The van der Waals surface area contributed by atoms with Gasteiger partial charge in [-0.3, -0.25) is 0 Å². The minimum absolute atomic E-state index is 0.881. The van der Waals surface area contributed by atoms with Gasteiger partial charge >= 0.3 is 0 Å². The van der Waals surface area contributed by atoms with E-state index in [1.54, 1.807) is 0 Å². The van der Waals surface area contributed by atoms with Gasteiger partial charge in [-0.05, 0) is 234 Å². The van der Waals surface area contributed by atoms with Gasteiger partial charge in [0.15, 0.2) is 0 Å². The van der Waals surface area contributed by atoms with Gasteiger partial charge < -0.3 is 27.8 Å². The maximum absolute atomic E-state index is 6.38. The molecule has 0 aliphatic heterocycles. The maximum atomic E-state index is 6.38. The first-order chi connectivity index (χ1) is 60.5. The third kappa shape index (κ3) is 11.9. The Kier molecular flexibility index (Phi) is 16.5. The fourth-order valence-electron chi connectivity index (χ4n) is 19.1. The largest absolute Gasteiger partial charge is 0.456 e. The lowest BCUT2D eigenvalue weighted by molar-refractivity contribution is 0.668. The number of aromatic nitrogens is 2. The second kappa shape index (κ2) is 28.8. The van der Waals surface area contributed by atoms with Crippen molar-refractivity contribution >= 4 is 143 Å². The summed E-state index contributed by atoms with van der Waals surface area (Å²) in [5, 5.41) is 14.2. The SMILES string of the molecule is c1ccc(N(c2ccc(-c3ccc4c(c3)oc3ccccc34)cc2)c2ccc(-c3ccccc3-n3c4ccccc4c4ccc(-c5ccc6c(-c7ccc(N(c8ccc(-c9ccc%10c(c9)oc9ccccc9%10)cc8)c8ccc(-c9ccccc9-n9c%10ccccc%10c%10ccccc%109)cc8)cc7)cccc6c5)cc43)cc2)c(-c2ccc3ccccc3c2)c1. The minimum Gasteiger partial charge on any atom is -0.456 e. The van der Waals surface area contributed by atoms with Crippen molar-refractivity contribution in [3.8, 4) is 89.3 Å². The van der Waals surface area contributed by atoms with Crippen LogP contribution in [0.25, 0.3) is 198 Å². The highest BCUT2D eigenvalue weighted by Gasteiger charge is 2.24. The quantitative estimate of drug-likeness (QED) is 0.103. The Morgan fingerprint density at radius 3 is 1.02 bits per heavy atom. The fourth-order valence-corrected chi connectivity index (χ4v) is 19.1. The number of benzene rings is 20. The third-order valence-electron chi connectivity index (χ3n) is 24.9. The van der Waals surface area contributed by atoms with Crippen molar-refractivity contribution in [3.63, 3.8) is 0 Å². The summed E-state index contributed by atoms with van der Waals surface area (Å²) < 4.78 is 17.7. The van der Waals surface area contributed by atoms with Crippen LogP contribution in [-0.4, -0.2) is 9.13 Å². The molecule has 4 aromatic heterocycles. The van der Waals surface area contributed by atoms with Crippen LogP contribution in [0.3, 0.4) is 0 Å². The zero-order valence-electron chi connectivity index (χ0n) is 66.3. The molecule has 0 saturated carbocycles. The van der Waals surface area contributed by atoms with Crippen molar-refractivity contribution in [1.82, 2.24) is 9.13 Å². The molecule has 0 N–H and O–H groups in total. The van der Waals surface area contributed by atoms with Crippen molar-refractivity contribution < 1.29 is 8.83 Å². The average Bonchev–Trinajstić information content (AvgIpc) is 1.56. The first-order valence-electron chi connectivity index (χ1n) is 41.7. The molecule has 24 rings (SSSR count). The van der Waals surface area contributed by atoms with Crippen molar-refractivity contribution in [2.45, 2.75) is 0 Å². The Hall–Kier alpha value is -16.3. The zero-order valence-corrected chi connectivity index (χ0v) is 66.3. The molecule has 0 radical (unpaired) electrons. The average molecular weight is 1560 g/mol. The van der Waals surface area contributed by atoms with Gasteiger partial charge in [0.1, 0.15) is 22.3 Å². The van der Waals surface area contributed by atoms with E-state index in [1.165, 1.54) is 59.7 Å². The normalized spacial score (nSPS) is 11.8. The van der Waals surface area contributed by atoms with Gasteiger partial charge in [0.25, 0.3) is 0 Å². The van der Waals surface area contributed by atoms with Crippen molar-refractivity contribution in [2.75, 3.05) is 9.80 Å². The molecule has 0 saturated heterocycles. The highest BCUT2D eigenvalue weighted by Crippen LogP contribution is 2.48. The predicted octanol–water partition coefficient (Wildman–Crippen LogP) is 32.6. The number of hydrogen-bond donors (Lipinski definition) is 0. The van der Waals surface area contributed by atoms with Gasteiger partial charge in [-0.15, -0.1) is 0 Å². The van der Waals surface area contributed by atoms with E-state index in [4.69, 9.17) is 8.83 Å². The Balaban J connectivity index is 0.557. The van der Waals surface area contributed by atoms with Gasteiger partial charge in [-0.2, -0.15) is 0 Å². The molecule has 0 atom stereocenters. The smallest absolute Gasteiger partial charge is 0.136 e. The van der Waals surface area contributed by atoms with E-state index in [2.05, 4.69) is 444 Å². The van der Waals surface area contributed by atoms with Gasteiger partial charge in [0, 0.05) is 88.2 Å². The van der Waals surface area contributed by atoms with Crippen LogP contribution < -0.4 is 9.80 Å². The molecule has 0 aliphatic rings. The number of nitrogens with zero attached hydrogens (tertiary/aromatic N) is 4. The summed E-state index contributed by atoms with van der Waals surface area (Å²) in [7, 11) is 0. The summed E-state index contributed by atoms with van der Waals surface area (Å²) in [6, 6.07) is 164. The molecule has 570 valence electrons. The lowest BCUT2D eigenvalue weighted by Gasteiger charge is -2.28. The number of hydrogen-bond acceptors (Lipinski definition) is 4. The van der Waals surface area contributed by atoms with E-state index in [9.17, 15) is 0 Å². The minimum atomic E-state index is 0.881. The van der Waals surface area contributed by atoms with Gasteiger partial charge in [0.2, 0.25) is 0 Å². The van der Waals surface area contributed by atoms with Crippen molar-refractivity contribution in [1.29, 1.82) is 0 Å². The molecule has 0 amide bonds. The monoisotopic (exact) mass is 1550 g/mol. The second-order valence-corrected chi connectivity index (χ2v) is 31.8. The molecule has 0 fully saturated rings. The standard InChI is InChI=1S/C116H74N4O2/c1-2-21-81-70-87(41-40-75(81)20-1)97-25-5-11-32-106(97)118(91-58-44-77(45-59-91)85-55-69-105-103-30-10-18-39-114(103)122-116(105)74-85)92-64-50-80(51-65-92)96-24-4-13-34-108(96)120-111-37-16-8-28-100(111)101-67-53-83(72-112(101)120)82-52-66-94-86(71-82)22-19-31-93(94)78-46-60-89(61-47-78)117(88-56-42-76(43-57-88)84-54-68-104-102-29-9-17-38-113(102)121-115(104)73-84)90-62-48-79(49-63-90)95-23-3-12-33-107(95)119-109-35-14-6-26-98(109)99-27-7-15-36-110(99)119/h1-74H. The van der Waals surface area contributed by atoms with E-state index in [0.717, 1.165) is 173 Å². The zero-order chi connectivity index (χ0) is 80.3. The fraction of sp³-hybridized carbons (Fsp3) is 0. The summed E-state index contributed by atoms with van der Waals surface area (Å²) in [5.74, 6) is 0. The van der Waals surface area contributed by atoms with Crippen LogP contribution in [0.15, 0.2) is 458 Å². The number of rotatable bonds is 15. The molecule has 0 spiro atoms. The molecule has 0 bridgehead atoms. The molecule has 20 aromatic carbocycles. The third-order valence-corrected chi connectivity index (χ3v) is 24.9. The molecule has 0 aliphatic carbocycles. The Morgan fingerprint density at radius 2 is 0.492 bits per heavy atom. The molecule has 6 nitrogen and oxygen atoms in total. The molecular formula is C116H74N4O2. The molecular weight excluding hydrogens is 1480 g/mol. The summed E-state index contributed by atoms with van der Waals surface area (Å²) in [5.41, 5.74) is 32.6. The van der Waals surface area contributed by atoms with Crippen LogP contribution >= 0.6 is 0 Å². The van der Waals surface area contributed by atoms with Crippen LogP contribution in [-0.2, 0) is 0 Å². The Labute approximate surface area is 704 Å². The second-order valence-electron chi connectivity index (χ2n) is 31.8. The molecule has 0 unspecified atom stereocenters. The lowest BCUT2D eigenvalue weighted by atomic mass is 9.94. The van der Waals surface area contributed by atoms with Crippen LogP contribution in [0.5, 0.6) is 0 Å². The summed E-state index contributed by atoms with van der Waals surface area (Å²) in [6.07, 6.45) is 0. The van der Waals surface area contributed by atoms with Crippen LogP contribution in [0.1, 0.15) is 0 Å². The highest BCUT2D eigenvalue weighted by molar-refractivity contribution is 6.13. The lowest BCUT2D eigenvalue weighted by Crippen LogP contribution is -2.11. The van der Waals surface area contributed by atoms with E-state index in [-0.39, 0.29) is 0 Å². The topological polar surface area (TPSA) is 42.6 Å². The summed E-state index contributed by atoms with van der Waals surface area (Å²) >= 11 is 0. The predicted molar refractivity (Wildman–Crippen MR) is 512 cm³/mol. The van der Waals surface area contributed by atoms with Gasteiger partial charge in [-0.25, -0.2) is 0 Å². The number of fused-ring (bicyclic) bond motifs is 14. The molecule has 122 heavy (non-hydrogen) atoms. The maximum Gasteiger partial charge on any atom is 0.136 e. The first-order valence-corrected chi connectivity index (χ1v) is 41.7. The van der Waals surface area contributed by atoms with Crippen LogP contribution in [0.2, 0.25) is 0 Å². The molecule has 4 heterocycles.